The molecule has 0 saturated heterocycles. The van der Waals surface area contributed by atoms with Gasteiger partial charge in [0.15, 0.2) is 14.3 Å². The van der Waals surface area contributed by atoms with Crippen LogP contribution in [-0.2, 0) is 9.13 Å². The Morgan fingerprint density at radius 3 is 0.901 bits per heavy atom. The molecule has 0 saturated carbocycles. The monoisotopic (exact) mass is 958 g/mol. The highest BCUT2D eigenvalue weighted by Crippen LogP contribution is 2.60. The topological polar surface area (TPSA) is 71.1 Å². The third-order valence-corrected chi connectivity index (χ3v) is 20.4. The van der Waals surface area contributed by atoms with Gasteiger partial charge >= 0.3 is 0 Å². The number of ether oxygens (including phenoxy) is 4. The van der Waals surface area contributed by atoms with Crippen LogP contribution in [0.3, 0.4) is 0 Å². The molecule has 4 heterocycles. The van der Waals surface area contributed by atoms with Crippen molar-refractivity contribution >= 4 is 46.1 Å². The summed E-state index contributed by atoms with van der Waals surface area (Å²) in [5.41, 5.74) is 12.0. The second-order valence-electron chi connectivity index (χ2n) is 18.4. The van der Waals surface area contributed by atoms with Crippen LogP contribution in [0.15, 0.2) is 212 Å². The summed E-state index contributed by atoms with van der Waals surface area (Å²) in [4.78, 5) is 0. The highest BCUT2D eigenvalue weighted by atomic mass is 31.2. The van der Waals surface area contributed by atoms with Gasteiger partial charge in [0.2, 0.25) is 0 Å². The minimum atomic E-state index is -3.29. The molecule has 14 rings (SSSR count). The minimum absolute atomic E-state index is 0.595. The van der Waals surface area contributed by atoms with E-state index in [2.05, 4.69) is 69.3 Å². The summed E-state index contributed by atoms with van der Waals surface area (Å²) in [5, 5.41) is 4.16. The van der Waals surface area contributed by atoms with Crippen LogP contribution in [0.1, 0.15) is 16.7 Å². The van der Waals surface area contributed by atoms with E-state index in [4.69, 9.17) is 18.9 Å². The van der Waals surface area contributed by atoms with E-state index in [1.54, 1.807) is 0 Å². The van der Waals surface area contributed by atoms with Gasteiger partial charge in [-0.2, -0.15) is 0 Å². The predicted molar refractivity (Wildman–Crippen MR) is 288 cm³/mol. The lowest BCUT2D eigenvalue weighted by Crippen LogP contribution is -2.35. The van der Waals surface area contributed by atoms with Crippen LogP contribution < -0.4 is 50.8 Å². The fraction of sp³-hybridized carbons (Fsp3) is 0.0476. The van der Waals surface area contributed by atoms with E-state index < -0.39 is 14.3 Å². The normalized spacial score (nSPS) is 15.4. The zero-order valence-electron chi connectivity index (χ0n) is 39.1. The third kappa shape index (κ3) is 6.78. The maximum Gasteiger partial charge on any atom is 0.185 e. The van der Waals surface area contributed by atoms with Gasteiger partial charge in [0, 0.05) is 0 Å². The van der Waals surface area contributed by atoms with Crippen molar-refractivity contribution in [1.29, 1.82) is 0 Å². The summed E-state index contributed by atoms with van der Waals surface area (Å²) in [7, 11) is -6.57. The molecular formula is C63H44O6P2. The molecule has 0 bridgehead atoms. The molecule has 0 aromatic heterocycles. The van der Waals surface area contributed by atoms with Crippen LogP contribution in [0.4, 0.5) is 0 Å². The van der Waals surface area contributed by atoms with E-state index in [0.717, 1.165) is 55.1 Å². The van der Waals surface area contributed by atoms with Gasteiger partial charge in [-0.1, -0.05) is 140 Å². The predicted octanol–water partition coefficient (Wildman–Crippen LogP) is 14.7. The summed E-state index contributed by atoms with van der Waals surface area (Å²) < 4.78 is 56.1. The first-order valence-electron chi connectivity index (χ1n) is 23.7. The summed E-state index contributed by atoms with van der Waals surface area (Å²) in [6.45, 7) is 6.29. The van der Waals surface area contributed by atoms with Crippen LogP contribution in [0.2, 0.25) is 0 Å². The summed E-state index contributed by atoms with van der Waals surface area (Å²) in [5.74, 6) is 4.91. The molecule has 0 aliphatic carbocycles. The lowest BCUT2D eigenvalue weighted by molar-refractivity contribution is 0.461. The Balaban J connectivity index is 0.000000139. The minimum Gasteiger partial charge on any atom is -0.456 e. The van der Waals surface area contributed by atoms with E-state index in [1.807, 2.05) is 164 Å². The van der Waals surface area contributed by atoms with Crippen molar-refractivity contribution in [2.45, 2.75) is 20.8 Å². The lowest BCUT2D eigenvalue weighted by atomic mass is 10.0. The van der Waals surface area contributed by atoms with Gasteiger partial charge < -0.3 is 28.1 Å². The third-order valence-electron chi connectivity index (χ3n) is 14.1. The molecule has 0 spiro atoms. The first kappa shape index (κ1) is 42.9. The van der Waals surface area contributed by atoms with Gasteiger partial charge in [-0.25, -0.2) is 0 Å². The quantitative estimate of drug-likeness (QED) is 0.164. The van der Waals surface area contributed by atoms with Crippen LogP contribution in [-0.4, -0.2) is 0 Å². The zero-order chi connectivity index (χ0) is 48.0. The Morgan fingerprint density at radius 2 is 0.563 bits per heavy atom. The molecule has 8 heteroatoms. The van der Waals surface area contributed by atoms with Gasteiger partial charge in [0.25, 0.3) is 0 Å². The largest absolute Gasteiger partial charge is 0.456 e. The molecule has 0 fully saturated rings. The summed E-state index contributed by atoms with van der Waals surface area (Å²) >= 11 is 0. The smallest absolute Gasteiger partial charge is 0.185 e. The molecule has 71 heavy (non-hydrogen) atoms. The van der Waals surface area contributed by atoms with Crippen molar-refractivity contribution in [1.82, 2.24) is 0 Å². The van der Waals surface area contributed by atoms with Crippen LogP contribution in [0.5, 0.6) is 46.0 Å². The Kier molecular flexibility index (Phi) is 9.97. The van der Waals surface area contributed by atoms with E-state index >= 15 is 9.13 Å². The maximum atomic E-state index is 15.5. The molecule has 0 amide bonds. The molecule has 0 radical (unpaired) electrons. The Hall–Kier alpha value is -8.14. The van der Waals surface area contributed by atoms with Crippen LogP contribution in [0, 0.1) is 20.8 Å². The number of fused-ring (bicyclic) bond motifs is 8. The van der Waals surface area contributed by atoms with Crippen molar-refractivity contribution < 1.29 is 28.1 Å². The molecule has 10 aromatic rings. The Morgan fingerprint density at radius 1 is 0.268 bits per heavy atom. The van der Waals surface area contributed by atoms with Crippen molar-refractivity contribution in [2.24, 2.45) is 0 Å². The van der Waals surface area contributed by atoms with Crippen LogP contribution >= 0.6 is 14.3 Å². The van der Waals surface area contributed by atoms with Crippen LogP contribution in [0.25, 0.3) is 44.5 Å². The molecule has 0 N–H and O–H groups in total. The number of aryl methyl sites for hydroxylation is 3. The highest BCUT2D eigenvalue weighted by Gasteiger charge is 2.48. The van der Waals surface area contributed by atoms with Gasteiger partial charge in [0.1, 0.15) is 56.6 Å². The molecule has 342 valence electrons. The second kappa shape index (κ2) is 16.5. The average molecular weight is 959 g/mol. The number of hydrogen-bond donors (Lipinski definition) is 0. The highest BCUT2D eigenvalue weighted by molar-refractivity contribution is 7.86. The molecule has 1 unspecified atom stereocenters. The average Bonchev–Trinajstić information content (AvgIpc) is 3.40. The molecule has 1 atom stereocenters. The zero-order valence-corrected chi connectivity index (χ0v) is 40.8. The molecule has 6 nitrogen and oxygen atoms in total. The van der Waals surface area contributed by atoms with Gasteiger partial charge in [-0.15, -0.1) is 0 Å². The lowest BCUT2D eigenvalue weighted by Gasteiger charge is -2.35. The summed E-state index contributed by atoms with van der Waals surface area (Å²) in [6, 6.07) is 70.3. The van der Waals surface area contributed by atoms with Crippen molar-refractivity contribution in [3.63, 3.8) is 0 Å². The summed E-state index contributed by atoms with van der Waals surface area (Å²) in [6.07, 6.45) is 0. The number of hydrogen-bond acceptors (Lipinski definition) is 6. The van der Waals surface area contributed by atoms with E-state index in [0.29, 0.717) is 67.2 Å². The second-order valence-corrected chi connectivity index (χ2v) is 23.6. The first-order valence-corrected chi connectivity index (χ1v) is 27.1. The van der Waals surface area contributed by atoms with Gasteiger partial charge in [-0.05, 0) is 155 Å². The SMILES string of the molecule is Cc1ccccc1-c1ccc2c(c1)P1(=O)c3cc(-c4ccccc4)ccc3Oc3cccc(c31)O2.Cc1ccccc1-c1ccc2c(c1)P1(=O)c3cc(-c4ccccc4C)ccc3Oc3cccc(c31)O2. The number of benzene rings is 10. The molecular weight excluding hydrogens is 915 g/mol. The number of rotatable bonds is 4. The van der Waals surface area contributed by atoms with E-state index in [9.17, 15) is 0 Å². The molecule has 10 aromatic carbocycles. The van der Waals surface area contributed by atoms with Crippen molar-refractivity contribution in [2.75, 3.05) is 0 Å². The van der Waals surface area contributed by atoms with Gasteiger partial charge in [-0.3, -0.25) is 0 Å². The molecule has 4 aliphatic heterocycles. The first-order chi connectivity index (χ1) is 34.7. The Labute approximate surface area is 412 Å². The molecule has 4 aliphatic rings. The standard InChI is InChI=1S/C32H23O3P.C31H21O3P/c1-20-8-3-5-10-24(20)22-14-16-26-30(18-22)36(33)31-19-23(25-11-6-4-9-21(25)2)15-17-27(31)35-29-13-7-12-28(34-26)32(29)36;1-20-8-5-6-11-24(20)23-15-17-26-30(19-23)35(32)29-18-22(21-9-3-2-4-10-21)14-16-25(29)33-27-12-7-13-28(34-26)31(27)35/h3-19H,1-2H3;2-19H,1H3. The van der Waals surface area contributed by atoms with Gasteiger partial charge in [0.05, 0.1) is 21.2 Å². The Bertz CT molecular complexity index is 3820. The van der Waals surface area contributed by atoms with E-state index in [1.165, 1.54) is 16.7 Å². The van der Waals surface area contributed by atoms with Crippen molar-refractivity contribution in [3.05, 3.63) is 229 Å². The van der Waals surface area contributed by atoms with E-state index in [-0.39, 0.29) is 0 Å². The van der Waals surface area contributed by atoms with Crippen molar-refractivity contribution in [3.8, 4) is 90.5 Å². The maximum absolute atomic E-state index is 15.5. The fourth-order valence-electron chi connectivity index (χ4n) is 10.6. The fourth-order valence-corrected chi connectivity index (χ4v) is 16.8.